The lowest BCUT2D eigenvalue weighted by Crippen LogP contribution is -2.78. The van der Waals surface area contributed by atoms with Gasteiger partial charge in [0.1, 0.15) is 11.6 Å². The van der Waals surface area contributed by atoms with Crippen molar-refractivity contribution in [2.24, 2.45) is 23.2 Å². The molecule has 2 heterocycles. The van der Waals surface area contributed by atoms with E-state index in [1.54, 1.807) is 0 Å². The van der Waals surface area contributed by atoms with Crippen LogP contribution in [0.1, 0.15) is 97.8 Å². The number of rotatable bonds is 6. The third-order valence-corrected chi connectivity index (χ3v) is 11.7. The van der Waals surface area contributed by atoms with Crippen LogP contribution in [0.3, 0.4) is 0 Å². The molecule has 2 N–H and O–H groups in total. The van der Waals surface area contributed by atoms with Crippen LogP contribution in [0.25, 0.3) is 0 Å². The molecule has 6 aliphatic rings. The van der Waals surface area contributed by atoms with Crippen LogP contribution in [-0.4, -0.2) is 84.3 Å². The molecular formula is C31H52N2O5. The van der Waals surface area contributed by atoms with Gasteiger partial charge in [-0.05, 0) is 91.1 Å². The summed E-state index contributed by atoms with van der Waals surface area (Å²) >= 11 is 0. The van der Waals surface area contributed by atoms with Crippen LogP contribution in [0.5, 0.6) is 0 Å². The van der Waals surface area contributed by atoms with E-state index in [-0.39, 0.29) is 41.3 Å². The maximum absolute atomic E-state index is 13.6. The van der Waals surface area contributed by atoms with Crippen molar-refractivity contribution in [3.8, 4) is 0 Å². The number of likely N-dealkylation sites (tertiary alicyclic amines) is 1. The molecule has 6 fully saturated rings. The van der Waals surface area contributed by atoms with Crippen molar-refractivity contribution in [3.63, 3.8) is 0 Å². The van der Waals surface area contributed by atoms with Crippen molar-refractivity contribution in [2.75, 3.05) is 20.7 Å². The van der Waals surface area contributed by atoms with Gasteiger partial charge in [-0.2, -0.15) is 0 Å². The number of hydrogen-bond acceptors (Lipinski definition) is 7. The molecular weight excluding hydrogens is 480 g/mol. The Kier molecular flexibility index (Phi) is 7.20. The Morgan fingerprint density at radius 2 is 1.89 bits per heavy atom. The molecule has 0 aromatic carbocycles. The zero-order valence-corrected chi connectivity index (χ0v) is 24.4. The molecule has 0 radical (unpaired) electrons. The van der Waals surface area contributed by atoms with Gasteiger partial charge >= 0.3 is 5.97 Å². The standard InChI is InChI=1S/C31H52N2O5/c1-29(2,3)38-28(35)22(17-19-9-7-6-8-10-19)32-21-13-14-31(36-5)24-18-20-11-12-23(34)26-25(20)30(31,27(21)37-26)15-16-33(24)4/h19-27,32,34H,6-18H2,1-5H3/t20?,21-,22-,23?,24?,25?,26?,27-,30-,31+/m0/s1. The number of carbonyl (C=O) groups is 1. The maximum atomic E-state index is 13.6. The second-order valence-electron chi connectivity index (χ2n) is 14.7. The molecule has 38 heavy (non-hydrogen) atoms. The predicted molar refractivity (Wildman–Crippen MR) is 146 cm³/mol. The molecule has 0 aromatic rings. The number of hydrogen-bond donors (Lipinski definition) is 2. The smallest absolute Gasteiger partial charge is 0.323 e. The Bertz CT molecular complexity index is 886. The fraction of sp³-hybridized carbons (Fsp3) is 0.968. The Labute approximate surface area is 229 Å². The Morgan fingerprint density at radius 3 is 2.61 bits per heavy atom. The summed E-state index contributed by atoms with van der Waals surface area (Å²) in [6.45, 7) is 6.91. The lowest BCUT2D eigenvalue weighted by Gasteiger charge is -2.69. The first-order valence-electron chi connectivity index (χ1n) is 15.7. The van der Waals surface area contributed by atoms with Crippen molar-refractivity contribution in [3.05, 3.63) is 0 Å². The number of likely N-dealkylation sites (N-methyl/N-ethyl adjacent to an activating group) is 1. The second kappa shape index (κ2) is 9.97. The summed E-state index contributed by atoms with van der Waals surface area (Å²) in [4.78, 5) is 16.1. The predicted octanol–water partition coefficient (Wildman–Crippen LogP) is 4.05. The number of methoxy groups -OCH3 is 1. The van der Waals surface area contributed by atoms with E-state index >= 15 is 0 Å². The molecule has 7 heteroatoms. The molecule has 216 valence electrons. The summed E-state index contributed by atoms with van der Waals surface area (Å²) in [7, 11) is 4.18. The van der Waals surface area contributed by atoms with E-state index in [4.69, 9.17) is 14.2 Å². The van der Waals surface area contributed by atoms with E-state index in [1.807, 2.05) is 27.9 Å². The molecule has 2 saturated heterocycles. The average molecular weight is 533 g/mol. The van der Waals surface area contributed by atoms with Gasteiger partial charge in [0.2, 0.25) is 0 Å². The summed E-state index contributed by atoms with van der Waals surface area (Å²) in [5.74, 6) is 1.33. The zero-order valence-electron chi connectivity index (χ0n) is 24.4. The van der Waals surface area contributed by atoms with Crippen molar-refractivity contribution in [1.29, 1.82) is 0 Å². The van der Waals surface area contributed by atoms with E-state index in [9.17, 15) is 9.90 Å². The number of carbonyl (C=O) groups excluding carboxylic acids is 1. The third kappa shape index (κ3) is 4.20. The highest BCUT2D eigenvalue weighted by Gasteiger charge is 2.78. The van der Waals surface area contributed by atoms with Gasteiger partial charge < -0.3 is 24.2 Å². The highest BCUT2D eigenvalue weighted by Crippen LogP contribution is 2.70. The van der Waals surface area contributed by atoms with E-state index < -0.39 is 11.7 Å². The lowest BCUT2D eigenvalue weighted by molar-refractivity contribution is -0.269. The summed E-state index contributed by atoms with van der Waals surface area (Å²) in [5, 5.41) is 15.1. The summed E-state index contributed by atoms with van der Waals surface area (Å²) in [6, 6.07) is 0.110. The maximum Gasteiger partial charge on any atom is 0.323 e. The molecule has 6 rings (SSSR count). The molecule has 4 aliphatic carbocycles. The number of nitrogens with one attached hydrogen (secondary N) is 1. The van der Waals surface area contributed by atoms with Crippen molar-refractivity contribution < 1.29 is 24.1 Å². The van der Waals surface area contributed by atoms with Crippen molar-refractivity contribution >= 4 is 5.97 Å². The number of piperidine rings is 1. The van der Waals surface area contributed by atoms with Crippen molar-refractivity contribution in [2.45, 2.75) is 145 Å². The van der Waals surface area contributed by atoms with Gasteiger partial charge in [-0.1, -0.05) is 32.1 Å². The first kappa shape index (κ1) is 27.4. The minimum absolute atomic E-state index is 0.0555. The van der Waals surface area contributed by atoms with Gasteiger partial charge in [0.05, 0.1) is 23.9 Å². The van der Waals surface area contributed by atoms with Crippen molar-refractivity contribution in [1.82, 2.24) is 10.2 Å². The van der Waals surface area contributed by atoms with Crippen LogP contribution in [0, 0.1) is 23.2 Å². The van der Waals surface area contributed by atoms with Gasteiger partial charge in [-0.15, -0.1) is 0 Å². The van der Waals surface area contributed by atoms with Crippen LogP contribution < -0.4 is 5.32 Å². The molecule has 0 aromatic heterocycles. The van der Waals surface area contributed by atoms with E-state index in [0.29, 0.717) is 23.8 Å². The van der Waals surface area contributed by atoms with E-state index in [0.717, 1.165) is 51.5 Å². The number of aliphatic hydroxyl groups is 1. The minimum Gasteiger partial charge on any atom is -0.459 e. The third-order valence-electron chi connectivity index (χ3n) is 11.7. The topological polar surface area (TPSA) is 80.3 Å². The first-order chi connectivity index (χ1) is 18.1. The molecule has 4 saturated carbocycles. The molecule has 2 aliphatic heterocycles. The number of ether oxygens (including phenoxy) is 3. The normalized spacial score (nSPS) is 45.9. The van der Waals surface area contributed by atoms with Gasteiger partial charge in [0.15, 0.2) is 0 Å². The molecule has 7 nitrogen and oxygen atoms in total. The van der Waals surface area contributed by atoms with Crippen LogP contribution in [-0.2, 0) is 19.0 Å². The SMILES string of the molecule is CO[C@]12CC[C@H](N[C@@H](CC3CCCCC3)C(=O)OC(C)(C)C)[C@@H]3OC4C(O)CCC5CC1N(C)CC[C@]32C54. The van der Waals surface area contributed by atoms with Gasteiger partial charge in [0.25, 0.3) is 0 Å². The quantitative estimate of drug-likeness (QED) is 0.500. The summed E-state index contributed by atoms with van der Waals surface area (Å²) in [5.41, 5.74) is -0.908. The fourth-order valence-electron chi connectivity index (χ4n) is 10.3. The molecule has 5 unspecified atom stereocenters. The van der Waals surface area contributed by atoms with E-state index in [2.05, 4.69) is 17.3 Å². The Morgan fingerprint density at radius 1 is 1.13 bits per heavy atom. The fourth-order valence-corrected chi connectivity index (χ4v) is 10.3. The summed E-state index contributed by atoms with van der Waals surface area (Å²) < 4.78 is 19.7. The first-order valence-corrected chi connectivity index (χ1v) is 15.7. The van der Waals surface area contributed by atoms with E-state index in [1.165, 1.54) is 32.1 Å². The molecule has 1 spiro atoms. The van der Waals surface area contributed by atoms with Crippen LogP contribution in [0.4, 0.5) is 0 Å². The molecule has 0 amide bonds. The average Bonchev–Trinajstić information content (AvgIpc) is 3.24. The molecule has 2 bridgehead atoms. The van der Waals surface area contributed by atoms with Gasteiger partial charge in [-0.25, -0.2) is 0 Å². The number of aliphatic hydroxyl groups excluding tert-OH is 1. The van der Waals surface area contributed by atoms with Crippen LogP contribution in [0.15, 0.2) is 0 Å². The highest BCUT2D eigenvalue weighted by molar-refractivity contribution is 5.76. The Balaban J connectivity index is 1.33. The summed E-state index contributed by atoms with van der Waals surface area (Å²) in [6.07, 6.45) is 12.4. The van der Waals surface area contributed by atoms with Crippen LogP contribution in [0.2, 0.25) is 0 Å². The Hall–Kier alpha value is -0.730. The highest BCUT2D eigenvalue weighted by atomic mass is 16.6. The second-order valence-corrected chi connectivity index (χ2v) is 14.7. The number of esters is 1. The minimum atomic E-state index is -0.513. The largest absolute Gasteiger partial charge is 0.459 e. The monoisotopic (exact) mass is 532 g/mol. The van der Waals surface area contributed by atoms with Gasteiger partial charge in [-0.3, -0.25) is 10.1 Å². The van der Waals surface area contributed by atoms with Gasteiger partial charge in [0, 0.05) is 30.5 Å². The van der Waals surface area contributed by atoms with Crippen LogP contribution >= 0.6 is 0 Å². The lowest BCUT2D eigenvalue weighted by atomic mass is 9.42. The zero-order chi connectivity index (χ0) is 26.9. The molecule has 10 atom stereocenters. The number of nitrogens with zero attached hydrogens (tertiary/aromatic N) is 1.